The van der Waals surface area contributed by atoms with E-state index in [9.17, 15) is 24.3 Å². The lowest BCUT2D eigenvalue weighted by Gasteiger charge is -2.41. The van der Waals surface area contributed by atoms with E-state index in [4.69, 9.17) is 18.5 Å². The number of rotatable bonds is 5. The zero-order valence-corrected chi connectivity index (χ0v) is 16.1. The zero-order chi connectivity index (χ0) is 19.5. The molecule has 0 radical (unpaired) electrons. The van der Waals surface area contributed by atoms with Crippen LogP contribution in [-0.2, 0) is 18.3 Å². The van der Waals surface area contributed by atoms with E-state index in [2.05, 4.69) is 5.32 Å². The van der Waals surface area contributed by atoms with Gasteiger partial charge in [-0.15, -0.1) is 0 Å². The first-order chi connectivity index (χ1) is 12.1. The van der Waals surface area contributed by atoms with Gasteiger partial charge in [-0.2, -0.15) is 0 Å². The third-order valence-electron chi connectivity index (χ3n) is 3.31. The van der Waals surface area contributed by atoms with Crippen molar-refractivity contribution in [2.45, 2.75) is 31.3 Å². The van der Waals surface area contributed by atoms with Gasteiger partial charge in [-0.25, -0.2) is 4.79 Å². The number of hydrogen-bond acceptors (Lipinski definition) is 9. The summed E-state index contributed by atoms with van der Waals surface area (Å²) in [5.41, 5.74) is 0.0792. The van der Waals surface area contributed by atoms with Crippen LogP contribution in [0.5, 0.6) is 5.75 Å². The van der Waals surface area contributed by atoms with Crippen molar-refractivity contribution in [3.05, 3.63) is 29.8 Å². The SMILES string of the molecule is CNCC1(O)P(O)OC(c2ccccc2OC(=O)OC(C)C)OP1(=O)O. The van der Waals surface area contributed by atoms with Gasteiger partial charge in [-0.3, -0.25) is 13.6 Å². The molecule has 0 spiro atoms. The first-order valence-corrected chi connectivity index (χ1v) is 10.4. The van der Waals surface area contributed by atoms with Crippen LogP contribution < -0.4 is 10.1 Å². The van der Waals surface area contributed by atoms with Gasteiger partial charge >= 0.3 is 13.8 Å². The molecule has 10 nitrogen and oxygen atoms in total. The predicted molar refractivity (Wildman–Crippen MR) is 91.4 cm³/mol. The van der Waals surface area contributed by atoms with E-state index < -0.39 is 46.1 Å². The van der Waals surface area contributed by atoms with Crippen molar-refractivity contribution in [2.24, 2.45) is 0 Å². The maximum atomic E-state index is 12.4. The molecule has 1 aromatic rings. The fourth-order valence-corrected chi connectivity index (χ4v) is 5.07. The van der Waals surface area contributed by atoms with Crippen molar-refractivity contribution >= 4 is 22.1 Å². The van der Waals surface area contributed by atoms with Gasteiger partial charge in [0.1, 0.15) is 5.75 Å². The Balaban J connectivity index is 2.28. The van der Waals surface area contributed by atoms with Gasteiger partial charge < -0.3 is 29.7 Å². The number of hydrogen-bond donors (Lipinski definition) is 4. The molecule has 1 heterocycles. The summed E-state index contributed by atoms with van der Waals surface area (Å²) in [4.78, 5) is 31.9. The van der Waals surface area contributed by atoms with Crippen molar-refractivity contribution in [2.75, 3.05) is 13.6 Å². The molecule has 1 saturated heterocycles. The van der Waals surface area contributed by atoms with Crippen molar-refractivity contribution in [1.82, 2.24) is 5.32 Å². The molecule has 0 amide bonds. The summed E-state index contributed by atoms with van der Waals surface area (Å²) in [6.45, 7) is 2.86. The van der Waals surface area contributed by atoms with Crippen LogP contribution in [0.4, 0.5) is 4.79 Å². The van der Waals surface area contributed by atoms with Crippen molar-refractivity contribution in [3.8, 4) is 5.75 Å². The van der Waals surface area contributed by atoms with E-state index in [1.165, 1.54) is 19.2 Å². The summed E-state index contributed by atoms with van der Waals surface area (Å²) in [5.74, 6) is -0.0365. The largest absolute Gasteiger partial charge is 0.514 e. The monoisotopic (exact) mass is 409 g/mol. The molecule has 4 unspecified atom stereocenters. The van der Waals surface area contributed by atoms with E-state index in [1.54, 1.807) is 26.0 Å². The van der Waals surface area contributed by atoms with Crippen LogP contribution in [0.1, 0.15) is 25.7 Å². The molecule has 1 aliphatic rings. The molecule has 2 rings (SSSR count). The van der Waals surface area contributed by atoms with E-state index in [1.807, 2.05) is 0 Å². The third-order valence-corrected chi connectivity index (χ3v) is 7.28. The lowest BCUT2D eigenvalue weighted by Crippen LogP contribution is -2.41. The fourth-order valence-electron chi connectivity index (χ4n) is 2.11. The van der Waals surface area contributed by atoms with Crippen molar-refractivity contribution in [3.63, 3.8) is 0 Å². The maximum absolute atomic E-state index is 12.4. The predicted octanol–water partition coefficient (Wildman–Crippen LogP) is 2.01. The molecule has 1 aromatic carbocycles. The molecule has 4 N–H and O–H groups in total. The molecule has 4 atom stereocenters. The molecule has 0 aliphatic carbocycles. The minimum absolute atomic E-state index is 0.0365. The first-order valence-electron chi connectivity index (χ1n) is 7.62. The average Bonchev–Trinajstić information content (AvgIpc) is 2.52. The van der Waals surface area contributed by atoms with Gasteiger partial charge in [-0.1, -0.05) is 18.2 Å². The molecule has 12 heteroatoms. The Labute approximate surface area is 151 Å². The van der Waals surface area contributed by atoms with Gasteiger partial charge in [0, 0.05) is 6.54 Å². The Bertz CT molecular complexity index is 701. The van der Waals surface area contributed by atoms with Crippen molar-refractivity contribution in [1.29, 1.82) is 0 Å². The number of aliphatic hydroxyl groups is 1. The molecule has 1 fully saturated rings. The number of ether oxygens (including phenoxy) is 2. The Kier molecular flexibility index (Phi) is 6.76. The Morgan fingerprint density at radius 3 is 2.69 bits per heavy atom. The molecule has 0 bridgehead atoms. The summed E-state index contributed by atoms with van der Waals surface area (Å²) in [6, 6.07) is 5.94. The highest BCUT2D eigenvalue weighted by molar-refractivity contribution is 7.70. The average molecular weight is 409 g/mol. The van der Waals surface area contributed by atoms with Crippen LogP contribution in [0.3, 0.4) is 0 Å². The fraction of sp³-hybridized carbons (Fsp3) is 0.500. The molecule has 0 aromatic heterocycles. The van der Waals surface area contributed by atoms with Crippen LogP contribution in [0, 0.1) is 0 Å². The Morgan fingerprint density at radius 1 is 1.46 bits per heavy atom. The smallest absolute Gasteiger partial charge is 0.431 e. The van der Waals surface area contributed by atoms with Crippen LogP contribution in [0.25, 0.3) is 0 Å². The topological polar surface area (TPSA) is 144 Å². The number of carbonyl (C=O) groups is 1. The second kappa shape index (κ2) is 8.29. The lowest BCUT2D eigenvalue weighted by molar-refractivity contribution is -0.0463. The van der Waals surface area contributed by atoms with Crippen molar-refractivity contribution < 1.29 is 42.8 Å². The van der Waals surface area contributed by atoms with E-state index in [-0.39, 0.29) is 11.3 Å². The molecule has 0 saturated carbocycles. The number of para-hydroxylation sites is 1. The summed E-state index contributed by atoms with van der Waals surface area (Å²) in [6.07, 6.45) is -2.91. The minimum atomic E-state index is -4.70. The third kappa shape index (κ3) is 4.42. The summed E-state index contributed by atoms with van der Waals surface area (Å²) < 4.78 is 32.6. The Morgan fingerprint density at radius 2 is 2.12 bits per heavy atom. The highest BCUT2D eigenvalue weighted by atomic mass is 31.2. The van der Waals surface area contributed by atoms with Gasteiger partial charge in [0.05, 0.1) is 11.7 Å². The molecular weight excluding hydrogens is 388 g/mol. The van der Waals surface area contributed by atoms with E-state index >= 15 is 0 Å². The van der Waals surface area contributed by atoms with E-state index in [0.29, 0.717) is 0 Å². The van der Waals surface area contributed by atoms with Gasteiger partial charge in [0.25, 0.3) is 0 Å². The maximum Gasteiger partial charge on any atom is 0.514 e. The quantitative estimate of drug-likeness (QED) is 0.324. The number of carbonyl (C=O) groups excluding carboxylic acids is 1. The van der Waals surface area contributed by atoms with E-state index in [0.717, 1.165) is 0 Å². The standard InChI is InChI=1S/C14H21NO9P2/c1-9(2)21-13(16)22-11-7-5-4-6-10(11)12-23-25(18)14(17,8-15-3)26(19,20)24-12/h4-7,9,12,15,17-18H,8H2,1-3H3,(H,19,20). The molecule has 26 heavy (non-hydrogen) atoms. The molecular formula is C14H21NO9P2. The normalized spacial score (nSPS) is 31.7. The van der Waals surface area contributed by atoms with Gasteiger partial charge in [0.15, 0.2) is 0 Å². The number of likely N-dealkylation sites (N-methyl/N-ethyl adjacent to an activating group) is 1. The lowest BCUT2D eigenvalue weighted by atomic mass is 10.2. The zero-order valence-electron chi connectivity index (χ0n) is 14.4. The Hall–Kier alpha value is -1.09. The second-order valence-electron chi connectivity index (χ2n) is 5.70. The van der Waals surface area contributed by atoms with Crippen LogP contribution in [0.2, 0.25) is 0 Å². The summed E-state index contributed by atoms with van der Waals surface area (Å²) in [7, 11) is -6.03. The summed E-state index contributed by atoms with van der Waals surface area (Å²) >= 11 is 0. The number of benzene rings is 1. The van der Waals surface area contributed by atoms with Gasteiger partial charge in [0.2, 0.25) is 19.7 Å². The number of nitrogens with one attached hydrogen (secondary N) is 1. The van der Waals surface area contributed by atoms with Gasteiger partial charge in [-0.05, 0) is 27.0 Å². The molecule has 1 aliphatic heterocycles. The first kappa shape index (κ1) is 21.2. The van der Waals surface area contributed by atoms with Crippen LogP contribution in [0.15, 0.2) is 24.3 Å². The minimum Gasteiger partial charge on any atom is -0.431 e. The molecule has 146 valence electrons. The second-order valence-corrected chi connectivity index (χ2v) is 9.54. The highest BCUT2D eigenvalue weighted by Gasteiger charge is 2.60. The summed E-state index contributed by atoms with van der Waals surface area (Å²) in [5, 5.41) is 10.3. The van der Waals surface area contributed by atoms with Crippen LogP contribution >= 0.6 is 16.0 Å². The van der Waals surface area contributed by atoms with Crippen LogP contribution in [-0.4, -0.2) is 45.8 Å². The highest BCUT2D eigenvalue weighted by Crippen LogP contribution is 2.74.